The Bertz CT molecular complexity index is 877. The van der Waals surface area contributed by atoms with E-state index < -0.39 is 17.8 Å². The Hall–Kier alpha value is -1.69. The maximum Gasteiger partial charge on any atom is 0.308 e. The Morgan fingerprint density at radius 2 is 2.03 bits per heavy atom. The van der Waals surface area contributed by atoms with Gasteiger partial charge in [-0.05, 0) is 86.8 Å². The topological polar surface area (TPSA) is 76.0 Å². The Balaban J connectivity index is 1.61. The zero-order valence-corrected chi connectivity index (χ0v) is 22.4. The lowest BCUT2D eigenvalue weighted by atomic mass is 9.63. The maximum absolute atomic E-state index is 12.3. The summed E-state index contributed by atoms with van der Waals surface area (Å²) in [6.45, 7) is 14.9. The quantitative estimate of drug-likeness (QED) is 0.310. The van der Waals surface area contributed by atoms with Crippen LogP contribution in [0.2, 0.25) is 0 Å². The number of fused-ring (bicyclic) bond motifs is 1. The van der Waals surface area contributed by atoms with Crippen LogP contribution in [-0.2, 0) is 14.3 Å². The van der Waals surface area contributed by atoms with E-state index in [1.807, 2.05) is 20.8 Å². The zero-order valence-electron chi connectivity index (χ0n) is 22.4. The van der Waals surface area contributed by atoms with E-state index in [0.717, 1.165) is 49.7 Å². The van der Waals surface area contributed by atoms with Gasteiger partial charge in [-0.15, -0.1) is 0 Å². The predicted molar refractivity (Wildman–Crippen MR) is 140 cm³/mol. The molecule has 0 aliphatic heterocycles. The first kappa shape index (κ1) is 27.9. The molecule has 0 unspecified atom stereocenters. The first-order valence-electron chi connectivity index (χ1n) is 13.5. The van der Waals surface area contributed by atoms with E-state index in [1.54, 1.807) is 0 Å². The second-order valence-electron chi connectivity index (χ2n) is 11.2. The lowest BCUT2D eigenvalue weighted by Gasteiger charge is -2.42. The van der Waals surface area contributed by atoms with Crippen molar-refractivity contribution in [3.05, 3.63) is 47.1 Å². The van der Waals surface area contributed by atoms with Crippen molar-refractivity contribution in [1.82, 2.24) is 0 Å². The van der Waals surface area contributed by atoms with Crippen LogP contribution in [0, 0.1) is 11.3 Å². The Morgan fingerprint density at radius 1 is 1.31 bits per heavy atom. The third-order valence-electron chi connectivity index (χ3n) is 8.84. The van der Waals surface area contributed by atoms with Gasteiger partial charge in [0.2, 0.25) is 0 Å². The number of hydrogen-bond acceptors (Lipinski definition) is 5. The molecule has 3 aliphatic rings. The molecule has 3 rings (SSSR count). The van der Waals surface area contributed by atoms with E-state index in [1.165, 1.54) is 11.1 Å². The highest BCUT2D eigenvalue weighted by Gasteiger charge is 2.46. The van der Waals surface area contributed by atoms with E-state index in [9.17, 15) is 15.0 Å². The standard InChI is InChI=1S/C30H46O5/c1-7-29(5,8-2)35-28(33)15-17-34-21(4)25-13-14-26-22(10-9-16-30(25,26)6)11-12-23-18-24(31)19-27(32)20(23)3/h11-13,21,24,26-27,31-32H,3,7-10,14-19H2,1-2,4-6H3/t21-,24+,26-,27-,30+/m0/s1. The van der Waals surface area contributed by atoms with E-state index in [-0.39, 0.29) is 23.9 Å². The molecule has 5 nitrogen and oxygen atoms in total. The van der Waals surface area contributed by atoms with Crippen LogP contribution < -0.4 is 0 Å². The van der Waals surface area contributed by atoms with Crippen molar-refractivity contribution in [2.45, 2.75) is 116 Å². The van der Waals surface area contributed by atoms with Gasteiger partial charge in [-0.25, -0.2) is 0 Å². The third-order valence-corrected chi connectivity index (χ3v) is 8.84. The first-order chi connectivity index (χ1) is 16.5. The number of ether oxygens (including phenoxy) is 2. The van der Waals surface area contributed by atoms with Crippen LogP contribution in [0.15, 0.2) is 47.1 Å². The monoisotopic (exact) mass is 486 g/mol. The lowest BCUT2D eigenvalue weighted by Crippen LogP contribution is -2.35. The molecule has 0 bridgehead atoms. The van der Waals surface area contributed by atoms with Crippen molar-refractivity contribution < 1.29 is 24.5 Å². The lowest BCUT2D eigenvalue weighted by molar-refractivity contribution is -0.160. The molecule has 0 amide bonds. The van der Waals surface area contributed by atoms with Crippen molar-refractivity contribution in [3.63, 3.8) is 0 Å². The highest BCUT2D eigenvalue weighted by atomic mass is 16.6. The molecule has 0 aromatic carbocycles. The van der Waals surface area contributed by atoms with Crippen LogP contribution in [0.3, 0.4) is 0 Å². The van der Waals surface area contributed by atoms with Crippen molar-refractivity contribution in [1.29, 1.82) is 0 Å². The minimum Gasteiger partial charge on any atom is -0.459 e. The van der Waals surface area contributed by atoms with Gasteiger partial charge in [0.05, 0.1) is 31.3 Å². The second kappa shape index (κ2) is 11.6. The van der Waals surface area contributed by atoms with Gasteiger partial charge in [0.15, 0.2) is 0 Å². The predicted octanol–water partition coefficient (Wildman–Crippen LogP) is 5.96. The Labute approximate surface area is 212 Å². The van der Waals surface area contributed by atoms with Gasteiger partial charge in [-0.1, -0.05) is 51.2 Å². The van der Waals surface area contributed by atoms with E-state index >= 15 is 0 Å². The summed E-state index contributed by atoms with van der Waals surface area (Å²) in [6.07, 6.45) is 12.5. The van der Waals surface area contributed by atoms with E-state index in [0.29, 0.717) is 25.4 Å². The molecule has 5 heteroatoms. The van der Waals surface area contributed by atoms with Gasteiger partial charge in [-0.2, -0.15) is 0 Å². The normalized spacial score (nSPS) is 32.5. The number of allylic oxidation sites excluding steroid dienone is 4. The highest BCUT2D eigenvalue weighted by molar-refractivity contribution is 5.70. The van der Waals surface area contributed by atoms with E-state index in [2.05, 4.69) is 38.7 Å². The van der Waals surface area contributed by atoms with Crippen molar-refractivity contribution >= 4 is 5.97 Å². The van der Waals surface area contributed by atoms with Crippen LogP contribution in [-0.4, -0.2) is 46.7 Å². The Kier molecular flexibility index (Phi) is 9.22. The number of aliphatic hydroxyl groups excluding tert-OH is 2. The summed E-state index contributed by atoms with van der Waals surface area (Å²) in [5.41, 5.74) is 4.11. The molecule has 0 aromatic heterocycles. The summed E-state index contributed by atoms with van der Waals surface area (Å²) in [7, 11) is 0. The fourth-order valence-electron chi connectivity index (χ4n) is 6.08. The summed E-state index contributed by atoms with van der Waals surface area (Å²) < 4.78 is 11.8. The first-order valence-corrected chi connectivity index (χ1v) is 13.5. The molecule has 0 aromatic rings. The molecule has 0 spiro atoms. The molecule has 3 aliphatic carbocycles. The maximum atomic E-state index is 12.3. The summed E-state index contributed by atoms with van der Waals surface area (Å²) in [5.74, 6) is 0.240. The summed E-state index contributed by atoms with van der Waals surface area (Å²) in [4.78, 5) is 12.3. The van der Waals surface area contributed by atoms with Crippen LogP contribution in [0.4, 0.5) is 0 Å². The molecular weight excluding hydrogens is 440 g/mol. The number of aliphatic hydroxyl groups is 2. The molecule has 2 N–H and O–H groups in total. The number of rotatable bonds is 9. The molecule has 0 saturated heterocycles. The molecular formula is C30H46O5. The smallest absolute Gasteiger partial charge is 0.308 e. The van der Waals surface area contributed by atoms with Crippen molar-refractivity contribution in [3.8, 4) is 0 Å². The van der Waals surface area contributed by atoms with Gasteiger partial charge in [0.1, 0.15) is 5.60 Å². The highest BCUT2D eigenvalue weighted by Crippen LogP contribution is 2.55. The molecule has 35 heavy (non-hydrogen) atoms. The van der Waals surface area contributed by atoms with Crippen LogP contribution in [0.5, 0.6) is 0 Å². The minimum atomic E-state index is -0.659. The van der Waals surface area contributed by atoms with Gasteiger partial charge in [0, 0.05) is 6.42 Å². The average Bonchev–Trinajstić information content (AvgIpc) is 3.17. The molecule has 2 saturated carbocycles. The summed E-state index contributed by atoms with van der Waals surface area (Å²) in [5, 5.41) is 20.2. The average molecular weight is 487 g/mol. The van der Waals surface area contributed by atoms with Crippen molar-refractivity contribution in [2.75, 3.05) is 6.61 Å². The largest absolute Gasteiger partial charge is 0.459 e. The van der Waals surface area contributed by atoms with Crippen LogP contribution in [0.1, 0.15) is 92.4 Å². The number of carbonyl (C=O) groups excluding carboxylic acids is 1. The Morgan fingerprint density at radius 3 is 2.71 bits per heavy atom. The molecule has 2 fully saturated rings. The molecule has 5 atom stereocenters. The van der Waals surface area contributed by atoms with Crippen molar-refractivity contribution in [2.24, 2.45) is 11.3 Å². The number of esters is 1. The summed E-state index contributed by atoms with van der Waals surface area (Å²) in [6, 6.07) is 0. The fourth-order valence-corrected chi connectivity index (χ4v) is 6.08. The SMILES string of the molecule is C=C1C(=CC=C2CCC[C@]3(C)C([C@H](C)OCCC(=O)OC(C)(CC)CC)=CC[C@@H]23)C[C@@H](O)C[C@@H]1O. The third kappa shape index (κ3) is 6.36. The second-order valence-corrected chi connectivity index (χ2v) is 11.2. The molecule has 0 heterocycles. The molecule has 0 radical (unpaired) electrons. The number of carbonyl (C=O) groups is 1. The van der Waals surface area contributed by atoms with E-state index in [4.69, 9.17) is 9.47 Å². The van der Waals surface area contributed by atoms with Gasteiger partial charge in [-0.3, -0.25) is 4.79 Å². The zero-order chi connectivity index (χ0) is 25.8. The van der Waals surface area contributed by atoms with Gasteiger partial charge >= 0.3 is 5.97 Å². The van der Waals surface area contributed by atoms with Gasteiger partial charge < -0.3 is 19.7 Å². The van der Waals surface area contributed by atoms with Crippen LogP contribution in [0.25, 0.3) is 0 Å². The minimum absolute atomic E-state index is 0.0392. The molecule has 196 valence electrons. The van der Waals surface area contributed by atoms with Crippen LogP contribution >= 0.6 is 0 Å². The fraction of sp³-hybridized carbons (Fsp3) is 0.700. The number of hydrogen-bond donors (Lipinski definition) is 2. The van der Waals surface area contributed by atoms with Gasteiger partial charge in [0.25, 0.3) is 0 Å². The summed E-state index contributed by atoms with van der Waals surface area (Å²) >= 11 is 0.